The Balaban J connectivity index is 1.80. The number of methoxy groups -OCH3 is 1. The van der Waals surface area contributed by atoms with Crippen LogP contribution in [0.25, 0.3) is 6.08 Å². The van der Waals surface area contributed by atoms with Crippen molar-refractivity contribution in [2.75, 3.05) is 12.4 Å². The van der Waals surface area contributed by atoms with E-state index in [0.717, 1.165) is 0 Å². The van der Waals surface area contributed by atoms with Crippen LogP contribution in [-0.4, -0.2) is 18.9 Å². The minimum Gasteiger partial charge on any atom is -0.497 e. The average Bonchev–Trinajstić information content (AvgIpc) is 3.21. The first-order valence-electron chi connectivity index (χ1n) is 8.32. The second-order valence-corrected chi connectivity index (χ2v) is 6.15. The van der Waals surface area contributed by atoms with Crippen molar-refractivity contribution in [1.82, 2.24) is 5.32 Å². The van der Waals surface area contributed by atoms with Gasteiger partial charge in [0.15, 0.2) is 0 Å². The molecule has 2 aromatic carbocycles. The SMILES string of the molecule is COc1ccc(NC(=O)/C(=C\c2ccco2)NC(=O)c2ccc(Cl)cc2)cc1. The van der Waals surface area contributed by atoms with Crippen LogP contribution in [0.3, 0.4) is 0 Å². The minimum atomic E-state index is -0.496. The number of benzene rings is 2. The predicted octanol–water partition coefficient (Wildman–Crippen LogP) is 4.35. The molecule has 0 aliphatic rings. The molecule has 142 valence electrons. The molecule has 3 aromatic rings. The first kappa shape index (κ1) is 19.3. The van der Waals surface area contributed by atoms with Gasteiger partial charge in [-0.2, -0.15) is 0 Å². The second kappa shape index (κ2) is 8.92. The zero-order valence-electron chi connectivity index (χ0n) is 14.9. The van der Waals surface area contributed by atoms with Crippen molar-refractivity contribution in [2.24, 2.45) is 0 Å². The predicted molar refractivity (Wildman–Crippen MR) is 107 cm³/mol. The normalized spacial score (nSPS) is 11.0. The van der Waals surface area contributed by atoms with Gasteiger partial charge in [0.1, 0.15) is 17.2 Å². The Morgan fingerprint density at radius 1 is 1.04 bits per heavy atom. The lowest BCUT2D eigenvalue weighted by Crippen LogP contribution is -2.30. The number of rotatable bonds is 6. The van der Waals surface area contributed by atoms with Gasteiger partial charge in [-0.3, -0.25) is 9.59 Å². The molecule has 28 heavy (non-hydrogen) atoms. The molecule has 0 aliphatic carbocycles. The fourth-order valence-corrected chi connectivity index (χ4v) is 2.47. The van der Waals surface area contributed by atoms with Crippen LogP contribution >= 0.6 is 11.6 Å². The monoisotopic (exact) mass is 396 g/mol. The van der Waals surface area contributed by atoms with Gasteiger partial charge in [0.25, 0.3) is 11.8 Å². The van der Waals surface area contributed by atoms with E-state index in [1.165, 1.54) is 12.3 Å². The largest absolute Gasteiger partial charge is 0.497 e. The van der Waals surface area contributed by atoms with Crippen molar-refractivity contribution < 1.29 is 18.7 Å². The number of hydrogen-bond donors (Lipinski definition) is 2. The summed E-state index contributed by atoms with van der Waals surface area (Å²) in [5.74, 6) is 0.153. The molecular formula is C21H17ClN2O4. The zero-order chi connectivity index (χ0) is 19.9. The highest BCUT2D eigenvalue weighted by Gasteiger charge is 2.16. The summed E-state index contributed by atoms with van der Waals surface area (Å²) < 4.78 is 10.4. The van der Waals surface area contributed by atoms with Crippen molar-refractivity contribution in [3.63, 3.8) is 0 Å². The van der Waals surface area contributed by atoms with Gasteiger partial charge < -0.3 is 19.8 Å². The van der Waals surface area contributed by atoms with Gasteiger partial charge in [-0.1, -0.05) is 11.6 Å². The van der Waals surface area contributed by atoms with Gasteiger partial charge >= 0.3 is 0 Å². The Morgan fingerprint density at radius 2 is 1.75 bits per heavy atom. The Hall–Kier alpha value is -3.51. The fraction of sp³-hybridized carbons (Fsp3) is 0.0476. The minimum absolute atomic E-state index is 0.0331. The van der Waals surface area contributed by atoms with Crippen LogP contribution in [-0.2, 0) is 4.79 Å². The van der Waals surface area contributed by atoms with Crippen LogP contribution in [0.4, 0.5) is 5.69 Å². The molecule has 1 heterocycles. The molecule has 0 saturated heterocycles. The van der Waals surface area contributed by atoms with E-state index >= 15 is 0 Å². The molecule has 0 unspecified atom stereocenters. The first-order valence-corrected chi connectivity index (χ1v) is 8.70. The molecule has 2 N–H and O–H groups in total. The summed E-state index contributed by atoms with van der Waals surface area (Å²) in [4.78, 5) is 25.2. The third-order valence-electron chi connectivity index (χ3n) is 3.78. The van der Waals surface area contributed by atoms with Crippen molar-refractivity contribution in [2.45, 2.75) is 0 Å². The Labute approximate surface area is 166 Å². The van der Waals surface area contributed by atoms with Crippen LogP contribution in [0.15, 0.2) is 77.0 Å². The fourth-order valence-electron chi connectivity index (χ4n) is 2.34. The average molecular weight is 397 g/mol. The molecule has 0 fully saturated rings. The van der Waals surface area contributed by atoms with Gasteiger partial charge in [0, 0.05) is 22.3 Å². The van der Waals surface area contributed by atoms with Crippen LogP contribution < -0.4 is 15.4 Å². The molecule has 0 bridgehead atoms. The molecule has 0 aliphatic heterocycles. The maximum atomic E-state index is 12.7. The number of halogens is 1. The molecule has 0 saturated carbocycles. The number of anilines is 1. The van der Waals surface area contributed by atoms with Crippen LogP contribution in [0.1, 0.15) is 16.1 Å². The maximum absolute atomic E-state index is 12.7. The highest BCUT2D eigenvalue weighted by atomic mass is 35.5. The molecule has 0 spiro atoms. The molecule has 7 heteroatoms. The number of carbonyl (C=O) groups is 2. The summed E-state index contributed by atoms with van der Waals surface area (Å²) >= 11 is 5.85. The standard InChI is InChI=1S/C21H17ClN2O4/c1-27-17-10-8-16(9-11-17)23-21(26)19(13-18-3-2-12-28-18)24-20(25)14-4-6-15(22)7-5-14/h2-13H,1H3,(H,23,26)(H,24,25)/b19-13+. The van der Waals surface area contributed by atoms with E-state index in [2.05, 4.69) is 10.6 Å². The number of hydrogen-bond acceptors (Lipinski definition) is 4. The van der Waals surface area contributed by atoms with Gasteiger partial charge in [0.2, 0.25) is 0 Å². The summed E-state index contributed by atoms with van der Waals surface area (Å²) in [5, 5.41) is 5.86. The quantitative estimate of drug-likeness (QED) is 0.607. The molecule has 0 radical (unpaired) electrons. The maximum Gasteiger partial charge on any atom is 0.272 e. The van der Waals surface area contributed by atoms with Gasteiger partial charge in [-0.05, 0) is 60.7 Å². The summed E-state index contributed by atoms with van der Waals surface area (Å²) in [5.41, 5.74) is 0.953. The molecule has 1 aromatic heterocycles. The van der Waals surface area contributed by atoms with Crippen LogP contribution in [0.2, 0.25) is 5.02 Å². The van der Waals surface area contributed by atoms with Crippen molar-refractivity contribution in [3.8, 4) is 5.75 Å². The lowest BCUT2D eigenvalue weighted by molar-refractivity contribution is -0.113. The number of nitrogens with one attached hydrogen (secondary N) is 2. The molecule has 3 rings (SSSR count). The van der Waals surface area contributed by atoms with Gasteiger partial charge in [0.05, 0.1) is 13.4 Å². The number of furan rings is 1. The highest BCUT2D eigenvalue weighted by Crippen LogP contribution is 2.16. The van der Waals surface area contributed by atoms with E-state index in [0.29, 0.717) is 27.8 Å². The van der Waals surface area contributed by atoms with Crippen LogP contribution in [0.5, 0.6) is 5.75 Å². The number of ether oxygens (including phenoxy) is 1. The van der Waals surface area contributed by atoms with Crippen molar-refractivity contribution in [3.05, 3.63) is 89.0 Å². The second-order valence-electron chi connectivity index (χ2n) is 5.72. The van der Waals surface area contributed by atoms with Crippen molar-refractivity contribution in [1.29, 1.82) is 0 Å². The van der Waals surface area contributed by atoms with Gasteiger partial charge in [-0.25, -0.2) is 0 Å². The van der Waals surface area contributed by atoms with Crippen LogP contribution in [0, 0.1) is 0 Å². The van der Waals surface area contributed by atoms with E-state index in [4.69, 9.17) is 20.8 Å². The Bertz CT molecular complexity index is 978. The summed E-state index contributed by atoms with van der Waals surface area (Å²) in [6.45, 7) is 0. The topological polar surface area (TPSA) is 80.6 Å². The first-order chi connectivity index (χ1) is 13.5. The zero-order valence-corrected chi connectivity index (χ0v) is 15.7. The summed E-state index contributed by atoms with van der Waals surface area (Å²) in [7, 11) is 1.56. The Kier molecular flexibility index (Phi) is 6.14. The highest BCUT2D eigenvalue weighted by molar-refractivity contribution is 6.30. The van der Waals surface area contributed by atoms with E-state index in [9.17, 15) is 9.59 Å². The molecule has 6 nitrogen and oxygen atoms in total. The van der Waals surface area contributed by atoms with E-state index in [-0.39, 0.29) is 5.70 Å². The number of amides is 2. The molecular weight excluding hydrogens is 380 g/mol. The third-order valence-corrected chi connectivity index (χ3v) is 4.03. The Morgan fingerprint density at radius 3 is 2.36 bits per heavy atom. The lowest BCUT2D eigenvalue weighted by Gasteiger charge is -2.11. The summed E-state index contributed by atoms with van der Waals surface area (Å²) in [6, 6.07) is 16.5. The van der Waals surface area contributed by atoms with Crippen molar-refractivity contribution >= 4 is 35.2 Å². The summed E-state index contributed by atoms with van der Waals surface area (Å²) in [6.07, 6.45) is 2.93. The smallest absolute Gasteiger partial charge is 0.272 e. The lowest BCUT2D eigenvalue weighted by atomic mass is 10.2. The number of carbonyl (C=O) groups excluding carboxylic acids is 2. The van der Waals surface area contributed by atoms with E-state index < -0.39 is 11.8 Å². The van der Waals surface area contributed by atoms with E-state index in [1.54, 1.807) is 67.8 Å². The van der Waals surface area contributed by atoms with E-state index in [1.807, 2.05) is 0 Å². The third kappa shape index (κ3) is 5.02. The molecule has 2 amide bonds. The van der Waals surface area contributed by atoms with Gasteiger partial charge in [-0.15, -0.1) is 0 Å². The molecule has 0 atom stereocenters.